The molecule has 5 rings (SSSR count). The molecule has 12 nitrogen and oxygen atoms in total. The van der Waals surface area contributed by atoms with E-state index in [1.807, 2.05) is 19.1 Å². The van der Waals surface area contributed by atoms with Gasteiger partial charge in [-0.25, -0.2) is 0 Å². The number of hydrogen-bond donors (Lipinski definition) is 1. The van der Waals surface area contributed by atoms with Crippen LogP contribution in [0.2, 0.25) is 0 Å². The van der Waals surface area contributed by atoms with Gasteiger partial charge in [-0.1, -0.05) is 6.07 Å². The van der Waals surface area contributed by atoms with Crippen LogP contribution in [0.15, 0.2) is 34.7 Å². The molecule has 1 N–H and O–H groups in total. The van der Waals surface area contributed by atoms with E-state index in [1.165, 1.54) is 9.70 Å². The van der Waals surface area contributed by atoms with Crippen LogP contribution < -0.4 is 14.8 Å². The summed E-state index contributed by atoms with van der Waals surface area (Å²) >= 11 is 0. The average Bonchev–Trinajstić information content (AvgIpc) is 3.68. The first-order valence-electron chi connectivity index (χ1n) is 11.9. The molecular formula is C24H28N6O6. The molecule has 0 bridgehead atoms. The van der Waals surface area contributed by atoms with Crippen molar-refractivity contribution >= 4 is 11.8 Å². The lowest BCUT2D eigenvalue weighted by Gasteiger charge is -2.29. The quantitative estimate of drug-likeness (QED) is 0.470. The van der Waals surface area contributed by atoms with Gasteiger partial charge in [0.2, 0.25) is 24.4 Å². The molecule has 2 aliphatic heterocycles. The number of amides is 2. The van der Waals surface area contributed by atoms with Gasteiger partial charge in [0.05, 0.1) is 6.10 Å². The van der Waals surface area contributed by atoms with Gasteiger partial charge in [0, 0.05) is 19.7 Å². The van der Waals surface area contributed by atoms with Crippen LogP contribution in [0.25, 0.3) is 11.6 Å². The number of ether oxygens (including phenoxy) is 3. The molecule has 12 heteroatoms. The molecule has 2 aliphatic rings. The van der Waals surface area contributed by atoms with Crippen molar-refractivity contribution in [1.82, 2.24) is 30.4 Å². The minimum Gasteiger partial charge on any atom is -0.458 e. The molecule has 1 saturated heterocycles. The van der Waals surface area contributed by atoms with Gasteiger partial charge in [0.1, 0.15) is 18.3 Å². The van der Waals surface area contributed by atoms with Crippen molar-refractivity contribution in [2.45, 2.75) is 51.9 Å². The van der Waals surface area contributed by atoms with Gasteiger partial charge in [-0.3, -0.25) is 9.59 Å². The number of fused-ring (bicyclic) bond motifs is 1. The zero-order valence-corrected chi connectivity index (χ0v) is 20.2. The first kappa shape index (κ1) is 23.8. The highest BCUT2D eigenvalue weighted by atomic mass is 16.7. The Bertz CT molecular complexity index is 1230. The maximum Gasteiger partial charge on any atom is 0.247 e. The van der Waals surface area contributed by atoms with E-state index in [-0.39, 0.29) is 43.6 Å². The molecule has 1 fully saturated rings. The van der Waals surface area contributed by atoms with Crippen molar-refractivity contribution in [2.75, 3.05) is 19.9 Å². The van der Waals surface area contributed by atoms with E-state index in [9.17, 15) is 9.59 Å². The number of aromatic nitrogens is 4. The van der Waals surface area contributed by atoms with Crippen molar-refractivity contribution in [3.05, 3.63) is 41.7 Å². The number of rotatable bonds is 9. The summed E-state index contributed by atoms with van der Waals surface area (Å²) in [4.78, 5) is 29.1. The lowest BCUT2D eigenvalue weighted by molar-refractivity contribution is -0.141. The van der Waals surface area contributed by atoms with Gasteiger partial charge < -0.3 is 28.8 Å². The van der Waals surface area contributed by atoms with Crippen LogP contribution in [0, 0.1) is 6.92 Å². The molecule has 190 valence electrons. The normalized spacial score (nSPS) is 17.2. The van der Waals surface area contributed by atoms with E-state index in [2.05, 4.69) is 20.7 Å². The van der Waals surface area contributed by atoms with Crippen molar-refractivity contribution in [3.8, 4) is 23.1 Å². The topological polar surface area (TPSA) is 134 Å². The lowest BCUT2D eigenvalue weighted by Crippen LogP contribution is -2.49. The molecule has 0 spiro atoms. The zero-order chi connectivity index (χ0) is 25.1. The van der Waals surface area contributed by atoms with Gasteiger partial charge in [-0.2, -0.15) is 4.80 Å². The predicted molar refractivity (Wildman–Crippen MR) is 125 cm³/mol. The Labute approximate surface area is 207 Å². The Morgan fingerprint density at radius 1 is 1.22 bits per heavy atom. The van der Waals surface area contributed by atoms with Crippen LogP contribution in [-0.4, -0.2) is 69.0 Å². The molecule has 4 heterocycles. The smallest absolute Gasteiger partial charge is 0.247 e. The number of nitrogens with one attached hydrogen (secondary N) is 1. The Morgan fingerprint density at radius 3 is 2.86 bits per heavy atom. The summed E-state index contributed by atoms with van der Waals surface area (Å²) in [5.74, 6) is 2.10. The molecule has 36 heavy (non-hydrogen) atoms. The number of hydrogen-bond acceptors (Lipinski definition) is 9. The number of aryl methyl sites for hydroxylation is 1. The summed E-state index contributed by atoms with van der Waals surface area (Å²) in [6.45, 7) is 4.77. The minimum atomic E-state index is -0.750. The maximum atomic E-state index is 13.4. The second-order valence-electron chi connectivity index (χ2n) is 8.82. The van der Waals surface area contributed by atoms with Crippen molar-refractivity contribution in [3.63, 3.8) is 0 Å². The SMILES string of the molecule is Cc1ccc(-c2nnn(CC(=O)N(Cc3ccc4c(c3)OCO4)C(C)C(=O)NCC3CCCO3)n2)o1. The van der Waals surface area contributed by atoms with Crippen LogP contribution in [-0.2, 0) is 27.4 Å². The minimum absolute atomic E-state index is 0.00201. The molecule has 0 aliphatic carbocycles. The Balaban J connectivity index is 1.31. The Kier molecular flexibility index (Phi) is 6.85. The number of furan rings is 1. The molecular weight excluding hydrogens is 468 g/mol. The highest BCUT2D eigenvalue weighted by Gasteiger charge is 2.28. The average molecular weight is 497 g/mol. The molecule has 2 atom stereocenters. The number of nitrogens with zero attached hydrogens (tertiary/aromatic N) is 5. The molecule has 2 amide bonds. The fraction of sp³-hybridized carbons (Fsp3) is 0.458. The summed E-state index contributed by atoms with van der Waals surface area (Å²) in [5, 5.41) is 15.1. The second kappa shape index (κ2) is 10.4. The van der Waals surface area contributed by atoms with E-state index < -0.39 is 6.04 Å². The Morgan fingerprint density at radius 2 is 2.08 bits per heavy atom. The Hall–Kier alpha value is -3.93. The van der Waals surface area contributed by atoms with E-state index in [0.29, 0.717) is 30.4 Å². The third-order valence-corrected chi connectivity index (χ3v) is 6.18. The largest absolute Gasteiger partial charge is 0.458 e. The summed E-state index contributed by atoms with van der Waals surface area (Å²) in [7, 11) is 0. The van der Waals surface area contributed by atoms with Gasteiger partial charge in [-0.05, 0) is 61.7 Å². The third kappa shape index (κ3) is 5.33. The molecule has 0 radical (unpaired) electrons. The summed E-state index contributed by atoms with van der Waals surface area (Å²) < 4.78 is 22.0. The fourth-order valence-electron chi connectivity index (χ4n) is 4.16. The highest BCUT2D eigenvalue weighted by molar-refractivity contribution is 5.87. The standard InChI is InChI=1S/C24H28N6O6/c1-15-5-7-20(36-15)23-26-28-30(27-23)13-22(31)29(12-17-6-8-19-21(10-17)35-14-34-19)16(2)24(32)25-11-18-4-3-9-33-18/h5-8,10,16,18H,3-4,9,11-14H2,1-2H3,(H,25,32). The number of carbonyl (C=O) groups is 2. The van der Waals surface area contributed by atoms with Crippen molar-refractivity contribution in [1.29, 1.82) is 0 Å². The second-order valence-corrected chi connectivity index (χ2v) is 8.82. The van der Waals surface area contributed by atoms with E-state index in [4.69, 9.17) is 18.6 Å². The zero-order valence-electron chi connectivity index (χ0n) is 20.2. The van der Waals surface area contributed by atoms with Crippen LogP contribution in [0.1, 0.15) is 31.1 Å². The number of carbonyl (C=O) groups excluding carboxylic acids is 2. The van der Waals surface area contributed by atoms with Crippen LogP contribution in [0.5, 0.6) is 11.5 Å². The number of benzene rings is 1. The maximum absolute atomic E-state index is 13.4. The predicted octanol–water partition coefficient (Wildman–Crippen LogP) is 1.68. The van der Waals surface area contributed by atoms with E-state index in [1.54, 1.807) is 25.1 Å². The first-order valence-corrected chi connectivity index (χ1v) is 11.9. The first-order chi connectivity index (χ1) is 17.5. The monoisotopic (exact) mass is 496 g/mol. The summed E-state index contributed by atoms with van der Waals surface area (Å²) in [6.07, 6.45) is 1.89. The van der Waals surface area contributed by atoms with E-state index >= 15 is 0 Å². The van der Waals surface area contributed by atoms with Gasteiger partial charge >= 0.3 is 0 Å². The van der Waals surface area contributed by atoms with Crippen molar-refractivity contribution < 1.29 is 28.2 Å². The molecule has 2 aromatic heterocycles. The van der Waals surface area contributed by atoms with Crippen molar-refractivity contribution in [2.24, 2.45) is 0 Å². The molecule has 2 unspecified atom stereocenters. The van der Waals surface area contributed by atoms with Gasteiger partial charge in [-0.15, -0.1) is 10.2 Å². The van der Waals surface area contributed by atoms with Crippen LogP contribution in [0.4, 0.5) is 0 Å². The molecule has 1 aromatic carbocycles. The van der Waals surface area contributed by atoms with Gasteiger partial charge in [0.25, 0.3) is 0 Å². The molecule has 3 aromatic rings. The summed E-state index contributed by atoms with van der Waals surface area (Å²) in [6, 6.07) is 8.23. The lowest BCUT2D eigenvalue weighted by atomic mass is 10.1. The third-order valence-electron chi connectivity index (χ3n) is 6.18. The van der Waals surface area contributed by atoms with Gasteiger partial charge in [0.15, 0.2) is 17.3 Å². The number of tetrazole rings is 1. The fourth-order valence-corrected chi connectivity index (χ4v) is 4.16. The van der Waals surface area contributed by atoms with Crippen LogP contribution in [0.3, 0.4) is 0 Å². The van der Waals surface area contributed by atoms with E-state index in [0.717, 1.165) is 24.2 Å². The highest BCUT2D eigenvalue weighted by Crippen LogP contribution is 2.33. The summed E-state index contributed by atoms with van der Waals surface area (Å²) in [5.41, 5.74) is 0.796. The molecule has 0 saturated carbocycles. The van der Waals surface area contributed by atoms with Crippen LogP contribution >= 0.6 is 0 Å².